The molecule has 8 heterocycles. The van der Waals surface area contributed by atoms with Gasteiger partial charge in [-0.25, -0.2) is 4.68 Å². The van der Waals surface area contributed by atoms with Crippen LogP contribution in [0.3, 0.4) is 0 Å². The number of aromatic nitrogens is 19. The minimum absolute atomic E-state index is 0.0243. The van der Waals surface area contributed by atoms with E-state index in [-0.39, 0.29) is 87.4 Å². The van der Waals surface area contributed by atoms with Crippen LogP contribution < -0.4 is 0 Å². The van der Waals surface area contributed by atoms with Crippen molar-refractivity contribution in [2.75, 3.05) is 0 Å². The number of hydrogen-bond acceptors (Lipinski definition) is 15. The van der Waals surface area contributed by atoms with Crippen LogP contribution in [0, 0.1) is 0 Å². The smallest absolute Gasteiger partial charge is 0.232 e. The van der Waals surface area contributed by atoms with Crippen molar-refractivity contribution in [3.8, 4) is 0 Å². The maximum Gasteiger partial charge on any atom is 0.232 e. The standard InChI is InChI=1S/4C11H20N2.C10H19N3.2C10H18N2O.C9H18N4/c2*1-10(2,3)9-7-12-13(8-9)11(4,5)6;2*1-10(2,3)9-7-8-13(12-9)11(4,5)6;1-9(2,3)8-7-13(12-11-8)10(4,5)6;1-9(2,3)7-11-12-8(13-7)10(4,5)6;1-9(2,3)7-11-8(13-12-7)10(4,5)6;1-8(2,3)7-10-12-13(11-7)9(4,5)6/h4*7-8H,1-6H3;7H,1-6H3;3*1-6H3. The summed E-state index contributed by atoms with van der Waals surface area (Å²) in [6.07, 6.45) is 14.3. The molecule has 0 aliphatic rings. The summed E-state index contributed by atoms with van der Waals surface area (Å²) >= 11 is 0. The van der Waals surface area contributed by atoms with Gasteiger partial charge < -0.3 is 8.94 Å². The molecule has 21 nitrogen and oxygen atoms in total. The fourth-order valence-electron chi connectivity index (χ4n) is 7.75. The molecule has 0 N–H and O–H groups in total. The van der Waals surface area contributed by atoms with E-state index < -0.39 is 0 Å². The average Bonchev–Trinajstić information content (AvgIpc) is 1.76. The van der Waals surface area contributed by atoms with Crippen molar-refractivity contribution in [2.24, 2.45) is 0 Å². The molecule has 8 rings (SSSR count). The van der Waals surface area contributed by atoms with Crippen molar-refractivity contribution in [1.82, 2.24) is 94.7 Å². The molecule has 104 heavy (non-hydrogen) atoms. The second-order valence-electron chi connectivity index (χ2n) is 43.9. The molecule has 0 aliphatic heterocycles. The molecule has 0 saturated heterocycles. The third-order valence-electron chi connectivity index (χ3n) is 15.4. The zero-order valence-corrected chi connectivity index (χ0v) is 75.5. The van der Waals surface area contributed by atoms with Gasteiger partial charge in [-0.1, -0.05) is 218 Å². The first-order valence-electron chi connectivity index (χ1n) is 37.4. The first kappa shape index (κ1) is 95.3. The molecule has 0 aromatic carbocycles. The quantitative estimate of drug-likeness (QED) is 0.138. The summed E-state index contributed by atoms with van der Waals surface area (Å²) in [6.45, 7) is 102. The lowest BCUT2D eigenvalue weighted by molar-refractivity contribution is 0.303. The van der Waals surface area contributed by atoms with Gasteiger partial charge in [0.05, 0.1) is 62.7 Å². The Kier molecular flexibility index (Phi) is 30.8. The van der Waals surface area contributed by atoms with Crippen LogP contribution in [0.15, 0.2) is 64.5 Å². The first-order chi connectivity index (χ1) is 45.7. The second kappa shape index (κ2) is 33.6. The molecule has 8 aromatic heterocycles. The highest BCUT2D eigenvalue weighted by atomic mass is 16.5. The van der Waals surface area contributed by atoms with Crippen LogP contribution in [0.1, 0.15) is 390 Å². The minimum atomic E-state index is -0.0868. The molecule has 0 radical (unpaired) electrons. The zero-order valence-electron chi connectivity index (χ0n) is 75.5. The molecule has 21 heteroatoms. The van der Waals surface area contributed by atoms with Gasteiger partial charge >= 0.3 is 0 Å². The molecular weight excluding hydrogens is 1300 g/mol. The van der Waals surface area contributed by atoms with Crippen molar-refractivity contribution in [3.05, 3.63) is 113 Å². The van der Waals surface area contributed by atoms with Gasteiger partial charge in [-0.15, -0.1) is 25.5 Å². The summed E-state index contributed by atoms with van der Waals surface area (Å²) in [6, 6.07) is 4.20. The van der Waals surface area contributed by atoms with Crippen molar-refractivity contribution >= 4 is 0 Å². The van der Waals surface area contributed by atoms with E-state index in [0.29, 0.717) is 17.7 Å². The van der Waals surface area contributed by atoms with Crippen LogP contribution >= 0.6 is 0 Å². The normalized spacial score (nSPS) is 13.4. The van der Waals surface area contributed by atoms with E-state index in [1.807, 2.05) is 42.0 Å². The molecule has 0 amide bonds. The molecule has 0 atom stereocenters. The Balaban J connectivity index is 0.000000594. The van der Waals surface area contributed by atoms with E-state index in [2.05, 4.69) is 436 Å². The van der Waals surface area contributed by atoms with E-state index in [1.165, 1.54) is 11.1 Å². The first-order valence-corrected chi connectivity index (χ1v) is 37.4. The van der Waals surface area contributed by atoms with Gasteiger partial charge in [0.2, 0.25) is 17.7 Å². The Labute approximate surface area is 633 Å². The Hall–Kier alpha value is -6.67. The maximum atomic E-state index is 5.59. The highest BCUT2D eigenvalue weighted by Gasteiger charge is 2.31. The number of rotatable bonds is 0. The Bertz CT molecular complexity index is 2810. The van der Waals surface area contributed by atoms with Crippen LogP contribution in [0.25, 0.3) is 0 Å². The lowest BCUT2D eigenvalue weighted by Gasteiger charge is -2.20. The maximum absolute atomic E-state index is 5.59. The van der Waals surface area contributed by atoms with Gasteiger partial charge in [0, 0.05) is 74.3 Å². The Morgan fingerprint density at radius 1 is 0.269 bits per heavy atom. The van der Waals surface area contributed by atoms with E-state index in [4.69, 9.17) is 8.94 Å². The van der Waals surface area contributed by atoms with Gasteiger partial charge in [0.25, 0.3) is 0 Å². The van der Waals surface area contributed by atoms with Gasteiger partial charge in [-0.2, -0.15) is 30.2 Å². The molecule has 0 bridgehead atoms. The van der Waals surface area contributed by atoms with Crippen molar-refractivity contribution in [3.63, 3.8) is 0 Å². The van der Waals surface area contributed by atoms with Gasteiger partial charge in [-0.3, -0.25) is 18.7 Å². The summed E-state index contributed by atoms with van der Waals surface area (Å²) in [7, 11) is 0. The fourth-order valence-corrected chi connectivity index (χ4v) is 7.75. The van der Waals surface area contributed by atoms with Crippen LogP contribution in [0.4, 0.5) is 0 Å². The lowest BCUT2D eigenvalue weighted by atomic mass is 9.90. The summed E-state index contributed by atoms with van der Waals surface area (Å²) < 4.78 is 20.8. The third kappa shape index (κ3) is 32.6. The summed E-state index contributed by atoms with van der Waals surface area (Å²) in [5.74, 6) is 3.69. The van der Waals surface area contributed by atoms with E-state index in [0.717, 1.165) is 28.7 Å². The summed E-state index contributed by atoms with van der Waals surface area (Å²) in [4.78, 5) is 6.04. The van der Waals surface area contributed by atoms with Crippen LogP contribution in [-0.2, 0) is 87.4 Å². The molecule has 0 unspecified atom stereocenters. The fraction of sp³-hybridized carbons (Fsp3) is 0.771. The average molecular weight is 1450 g/mol. The predicted molar refractivity (Wildman–Crippen MR) is 432 cm³/mol. The monoisotopic (exact) mass is 1450 g/mol. The number of nitrogens with zero attached hydrogens (tertiary/aromatic N) is 19. The van der Waals surface area contributed by atoms with Gasteiger partial charge in [-0.05, 0) is 164 Å². The largest absolute Gasteiger partial charge is 0.424 e. The van der Waals surface area contributed by atoms with Crippen LogP contribution in [0.5, 0.6) is 0 Å². The topological polar surface area (TPSA) is 223 Å². The Morgan fingerprint density at radius 3 is 0.760 bits per heavy atom. The molecule has 0 aliphatic carbocycles. The zero-order chi connectivity index (χ0) is 82.2. The van der Waals surface area contributed by atoms with Gasteiger partial charge in [0.15, 0.2) is 11.6 Å². The van der Waals surface area contributed by atoms with Gasteiger partial charge in [0.1, 0.15) is 0 Å². The summed E-state index contributed by atoms with van der Waals surface area (Å²) in [5.41, 5.74) is 6.77. The SMILES string of the molecule is CC(C)(C)c1ccn(C(C)(C)C)n1.CC(C)(C)c1ccn(C(C)(C)C)n1.CC(C)(C)c1cn(C(C)(C)C)nn1.CC(C)(C)c1cnn(C(C)(C)C)c1.CC(C)(C)c1cnn(C(C)(C)C)c1.CC(C)(C)c1nnc(C(C)(C)C)o1.CC(C)(C)c1nnn(C(C)(C)C)n1.CC(C)(C)c1noc(C(C)(C)C)n1. The van der Waals surface area contributed by atoms with Crippen molar-refractivity contribution in [1.29, 1.82) is 0 Å². The minimum Gasteiger partial charge on any atom is -0.424 e. The molecule has 0 fully saturated rings. The molecule has 0 spiro atoms. The molecule has 8 aromatic rings. The second-order valence-corrected chi connectivity index (χ2v) is 43.9. The predicted octanol–water partition coefficient (Wildman–Crippen LogP) is 21.1. The Morgan fingerprint density at radius 2 is 0.596 bits per heavy atom. The van der Waals surface area contributed by atoms with Crippen molar-refractivity contribution in [2.45, 2.75) is 420 Å². The molecule has 0 saturated carbocycles. The lowest BCUT2D eigenvalue weighted by Crippen LogP contribution is -2.25. The van der Waals surface area contributed by atoms with Crippen LogP contribution in [-0.4, -0.2) is 94.7 Å². The third-order valence-corrected chi connectivity index (χ3v) is 15.4. The summed E-state index contributed by atoms with van der Waals surface area (Å²) in [5, 5.41) is 50.6. The molecule has 592 valence electrons. The highest BCUT2D eigenvalue weighted by Crippen LogP contribution is 2.31. The van der Waals surface area contributed by atoms with E-state index in [1.54, 1.807) is 4.80 Å². The number of tetrazole rings is 1. The van der Waals surface area contributed by atoms with Crippen LogP contribution in [0.2, 0.25) is 0 Å². The van der Waals surface area contributed by atoms with E-state index >= 15 is 0 Å². The number of hydrogen-bond donors (Lipinski definition) is 0. The van der Waals surface area contributed by atoms with Crippen molar-refractivity contribution < 1.29 is 8.94 Å². The highest BCUT2D eigenvalue weighted by molar-refractivity contribution is 5.18. The van der Waals surface area contributed by atoms with E-state index in [9.17, 15) is 0 Å². The molecular formula is C83H153N19O2.